The molecule has 34 heavy (non-hydrogen) atoms. The SMILES string of the molecule is C.Cl.[C-]#[N+]c1ccc2c(-c3ccc(C(=O)O)cc3)nnc(NCc3ccc(OC)c(Cl)c3)c2c1. The average Bonchev–Trinajstić information content (AvgIpc) is 2.82. The predicted molar refractivity (Wildman–Crippen MR) is 138 cm³/mol. The van der Waals surface area contributed by atoms with Crippen LogP contribution in [0.25, 0.3) is 26.9 Å². The Kier molecular flexibility index (Phi) is 8.79. The third-order valence-electron chi connectivity index (χ3n) is 4.97. The van der Waals surface area contributed by atoms with Crippen LogP contribution in [0.4, 0.5) is 11.5 Å². The molecule has 7 nitrogen and oxygen atoms in total. The van der Waals surface area contributed by atoms with Crippen molar-refractivity contribution in [1.82, 2.24) is 10.2 Å². The van der Waals surface area contributed by atoms with Crippen molar-refractivity contribution in [2.75, 3.05) is 12.4 Å². The van der Waals surface area contributed by atoms with Crippen LogP contribution in [0.1, 0.15) is 23.3 Å². The molecule has 0 saturated heterocycles. The summed E-state index contributed by atoms with van der Waals surface area (Å²) < 4.78 is 5.19. The maximum Gasteiger partial charge on any atom is 0.335 e. The van der Waals surface area contributed by atoms with E-state index in [1.807, 2.05) is 18.2 Å². The molecule has 0 radical (unpaired) electrons. The molecule has 0 saturated carbocycles. The molecule has 4 rings (SSSR count). The summed E-state index contributed by atoms with van der Waals surface area (Å²) in [5.41, 5.74) is 2.94. The summed E-state index contributed by atoms with van der Waals surface area (Å²) in [6, 6.07) is 17.3. The molecule has 3 aromatic carbocycles. The summed E-state index contributed by atoms with van der Waals surface area (Å²) >= 11 is 6.21. The number of ether oxygens (including phenoxy) is 1. The first-order valence-electron chi connectivity index (χ1n) is 9.58. The number of carbonyl (C=O) groups is 1. The van der Waals surface area contributed by atoms with Gasteiger partial charge in [0, 0.05) is 22.9 Å². The molecule has 2 N–H and O–H groups in total. The normalized spacial score (nSPS) is 9.91. The second kappa shape index (κ2) is 11.3. The van der Waals surface area contributed by atoms with Crippen molar-refractivity contribution in [3.8, 4) is 17.0 Å². The summed E-state index contributed by atoms with van der Waals surface area (Å²) in [6.45, 7) is 7.80. The van der Waals surface area contributed by atoms with Crippen LogP contribution in [0.2, 0.25) is 5.02 Å². The Morgan fingerprint density at radius 2 is 1.82 bits per heavy atom. The molecule has 174 valence electrons. The van der Waals surface area contributed by atoms with Crippen molar-refractivity contribution in [1.29, 1.82) is 0 Å². The van der Waals surface area contributed by atoms with E-state index >= 15 is 0 Å². The number of hydrogen-bond donors (Lipinski definition) is 2. The number of benzene rings is 3. The maximum absolute atomic E-state index is 11.1. The molecule has 0 aliphatic heterocycles. The van der Waals surface area contributed by atoms with Gasteiger partial charge in [0.1, 0.15) is 11.4 Å². The van der Waals surface area contributed by atoms with Crippen LogP contribution in [0.5, 0.6) is 5.75 Å². The first kappa shape index (κ1) is 26.4. The third-order valence-corrected chi connectivity index (χ3v) is 5.27. The Balaban J connectivity index is 0.00000204. The highest BCUT2D eigenvalue weighted by molar-refractivity contribution is 6.32. The summed E-state index contributed by atoms with van der Waals surface area (Å²) in [7, 11) is 1.56. The molecular weight excluding hydrogens is 475 g/mol. The molecule has 0 unspecified atom stereocenters. The fourth-order valence-corrected chi connectivity index (χ4v) is 3.61. The van der Waals surface area contributed by atoms with Gasteiger partial charge in [-0.15, -0.1) is 22.6 Å². The Labute approximate surface area is 208 Å². The number of hydrogen-bond acceptors (Lipinski definition) is 5. The number of methoxy groups -OCH3 is 1. The minimum atomic E-state index is -0.993. The number of nitrogens with one attached hydrogen (secondary N) is 1. The van der Waals surface area contributed by atoms with Gasteiger partial charge < -0.3 is 15.2 Å². The fourth-order valence-electron chi connectivity index (χ4n) is 3.33. The highest BCUT2D eigenvalue weighted by atomic mass is 35.5. The fraction of sp³-hybridized carbons (Fsp3) is 0.120. The Bertz CT molecular complexity index is 1370. The second-order valence-electron chi connectivity index (χ2n) is 6.94. The van der Waals surface area contributed by atoms with E-state index in [2.05, 4.69) is 20.4 Å². The van der Waals surface area contributed by atoms with Crippen LogP contribution in [0.15, 0.2) is 60.7 Å². The zero-order chi connectivity index (χ0) is 22.7. The van der Waals surface area contributed by atoms with Gasteiger partial charge in [-0.25, -0.2) is 9.64 Å². The lowest BCUT2D eigenvalue weighted by Crippen LogP contribution is -2.04. The zero-order valence-corrected chi connectivity index (χ0v) is 18.9. The van der Waals surface area contributed by atoms with Gasteiger partial charge in [0.15, 0.2) is 11.5 Å². The van der Waals surface area contributed by atoms with E-state index in [-0.39, 0.29) is 25.4 Å². The minimum Gasteiger partial charge on any atom is -0.495 e. The first-order chi connectivity index (χ1) is 15.5. The van der Waals surface area contributed by atoms with E-state index in [0.717, 1.165) is 21.9 Å². The van der Waals surface area contributed by atoms with Gasteiger partial charge in [-0.1, -0.05) is 49.4 Å². The lowest BCUT2D eigenvalue weighted by molar-refractivity contribution is 0.0697. The quantitative estimate of drug-likeness (QED) is 0.283. The van der Waals surface area contributed by atoms with Gasteiger partial charge in [0.05, 0.1) is 24.3 Å². The van der Waals surface area contributed by atoms with Crippen LogP contribution >= 0.6 is 24.0 Å². The average molecular weight is 497 g/mol. The van der Waals surface area contributed by atoms with E-state index in [0.29, 0.717) is 34.5 Å². The van der Waals surface area contributed by atoms with Gasteiger partial charge in [-0.3, -0.25) is 0 Å². The highest BCUT2D eigenvalue weighted by Crippen LogP contribution is 2.33. The first-order valence-corrected chi connectivity index (χ1v) is 9.96. The van der Waals surface area contributed by atoms with Gasteiger partial charge in [0.25, 0.3) is 0 Å². The topological polar surface area (TPSA) is 88.7 Å². The van der Waals surface area contributed by atoms with Crippen molar-refractivity contribution in [2.24, 2.45) is 0 Å². The number of nitrogens with zero attached hydrogens (tertiary/aromatic N) is 3. The molecule has 0 amide bonds. The lowest BCUT2D eigenvalue weighted by atomic mass is 10.0. The number of rotatable bonds is 6. The molecule has 9 heteroatoms. The molecule has 4 aromatic rings. The molecule has 0 fully saturated rings. The van der Waals surface area contributed by atoms with E-state index < -0.39 is 5.97 Å². The van der Waals surface area contributed by atoms with E-state index in [9.17, 15) is 4.79 Å². The van der Waals surface area contributed by atoms with Crippen molar-refractivity contribution in [3.63, 3.8) is 0 Å². The number of carboxylic acids is 1. The minimum absolute atomic E-state index is 0. The third kappa shape index (κ3) is 5.37. The standard InChI is InChI=1S/C24H17ClN4O3.CH4.ClH/c1-26-17-8-9-18-19(12-17)23(27-13-14-3-10-21(32-2)20(25)11-14)29-28-22(18)15-4-6-16(7-5-15)24(30)31;;/h3-12H,13H2,2H3,(H,27,29)(H,30,31);1H4;1H. The summed E-state index contributed by atoms with van der Waals surface area (Å²) in [5, 5.41) is 23.2. The van der Waals surface area contributed by atoms with E-state index in [1.54, 1.807) is 37.4 Å². The van der Waals surface area contributed by atoms with Gasteiger partial charge in [0.2, 0.25) is 0 Å². The van der Waals surface area contributed by atoms with E-state index in [1.165, 1.54) is 12.1 Å². The summed E-state index contributed by atoms with van der Waals surface area (Å²) in [6.07, 6.45) is 0. The largest absolute Gasteiger partial charge is 0.495 e. The van der Waals surface area contributed by atoms with Crippen molar-refractivity contribution < 1.29 is 14.6 Å². The monoisotopic (exact) mass is 496 g/mol. The van der Waals surface area contributed by atoms with Gasteiger partial charge in [-0.2, -0.15) is 0 Å². The zero-order valence-electron chi connectivity index (χ0n) is 17.4. The molecule has 1 aromatic heterocycles. The van der Waals surface area contributed by atoms with Crippen LogP contribution < -0.4 is 10.1 Å². The Morgan fingerprint density at radius 3 is 2.44 bits per heavy atom. The number of aromatic nitrogens is 2. The van der Waals surface area contributed by atoms with Crippen LogP contribution in [0, 0.1) is 6.57 Å². The molecule has 0 aliphatic carbocycles. The number of anilines is 1. The molecule has 0 spiro atoms. The molecular formula is C25H22Cl2N4O3. The molecule has 0 aliphatic rings. The molecule has 0 bridgehead atoms. The van der Waals surface area contributed by atoms with Crippen LogP contribution in [0.3, 0.4) is 0 Å². The molecule has 0 atom stereocenters. The lowest BCUT2D eigenvalue weighted by Gasteiger charge is -2.12. The smallest absolute Gasteiger partial charge is 0.335 e. The Hall–Kier alpha value is -3.86. The summed E-state index contributed by atoms with van der Waals surface area (Å²) in [5.74, 6) is 0.136. The Morgan fingerprint density at radius 1 is 1.09 bits per heavy atom. The van der Waals surface area contributed by atoms with Crippen molar-refractivity contribution in [2.45, 2.75) is 14.0 Å². The maximum atomic E-state index is 11.1. The summed E-state index contributed by atoms with van der Waals surface area (Å²) in [4.78, 5) is 14.7. The molecule has 1 heterocycles. The van der Waals surface area contributed by atoms with Crippen LogP contribution in [-0.4, -0.2) is 28.4 Å². The van der Waals surface area contributed by atoms with Gasteiger partial charge in [-0.05, 0) is 35.9 Å². The second-order valence-corrected chi connectivity index (χ2v) is 7.35. The van der Waals surface area contributed by atoms with Crippen LogP contribution in [-0.2, 0) is 6.54 Å². The number of fused-ring (bicyclic) bond motifs is 1. The number of carboxylic acid groups (broad SMARTS) is 1. The predicted octanol–water partition coefficient (Wildman–Crippen LogP) is 6.88. The van der Waals surface area contributed by atoms with Crippen molar-refractivity contribution in [3.05, 3.63) is 88.2 Å². The number of halogens is 2. The number of aromatic carboxylic acids is 1. The van der Waals surface area contributed by atoms with Crippen molar-refractivity contribution >= 4 is 52.3 Å². The van der Waals surface area contributed by atoms with Gasteiger partial charge >= 0.3 is 5.97 Å². The highest BCUT2D eigenvalue weighted by Gasteiger charge is 2.13. The van der Waals surface area contributed by atoms with E-state index in [4.69, 9.17) is 28.0 Å².